The maximum atomic E-state index is 8.41. The SMILES string of the molecule is O/N=C/c1cc(-c2ccccc2)ccn1. The Morgan fingerprint density at radius 1 is 1.07 bits per heavy atom. The average molecular weight is 198 g/mol. The molecule has 1 aromatic carbocycles. The molecule has 0 aliphatic carbocycles. The van der Waals surface area contributed by atoms with Crippen LogP contribution in [-0.2, 0) is 0 Å². The van der Waals surface area contributed by atoms with Crippen LogP contribution in [0, 0.1) is 0 Å². The van der Waals surface area contributed by atoms with Crippen molar-refractivity contribution in [2.24, 2.45) is 5.16 Å². The Labute approximate surface area is 87.7 Å². The van der Waals surface area contributed by atoms with Crippen LogP contribution in [0.2, 0.25) is 0 Å². The topological polar surface area (TPSA) is 45.5 Å². The summed E-state index contributed by atoms with van der Waals surface area (Å²) in [7, 11) is 0. The van der Waals surface area contributed by atoms with E-state index in [9.17, 15) is 0 Å². The number of pyridine rings is 1. The molecule has 0 saturated carbocycles. The number of aromatic nitrogens is 1. The lowest BCUT2D eigenvalue weighted by molar-refractivity contribution is 0.321. The van der Waals surface area contributed by atoms with Gasteiger partial charge in [0.2, 0.25) is 0 Å². The molecule has 74 valence electrons. The predicted molar refractivity (Wildman–Crippen MR) is 59.1 cm³/mol. The minimum Gasteiger partial charge on any atom is -0.411 e. The molecule has 0 aliphatic rings. The Kier molecular flexibility index (Phi) is 2.74. The van der Waals surface area contributed by atoms with Crippen LogP contribution in [0.3, 0.4) is 0 Å². The third kappa shape index (κ3) is 2.20. The first-order valence-corrected chi connectivity index (χ1v) is 4.59. The summed E-state index contributed by atoms with van der Waals surface area (Å²) in [4.78, 5) is 4.05. The van der Waals surface area contributed by atoms with E-state index in [1.807, 2.05) is 42.5 Å². The molecule has 0 radical (unpaired) electrons. The fraction of sp³-hybridized carbons (Fsp3) is 0. The molecular formula is C12H10N2O. The molecule has 0 amide bonds. The van der Waals surface area contributed by atoms with Gasteiger partial charge in [-0.15, -0.1) is 0 Å². The van der Waals surface area contributed by atoms with Gasteiger partial charge in [0.1, 0.15) is 0 Å². The summed E-state index contributed by atoms with van der Waals surface area (Å²) in [5, 5.41) is 11.4. The van der Waals surface area contributed by atoms with Crippen molar-refractivity contribution in [1.29, 1.82) is 0 Å². The summed E-state index contributed by atoms with van der Waals surface area (Å²) in [6, 6.07) is 13.8. The van der Waals surface area contributed by atoms with Crippen LogP contribution in [0.5, 0.6) is 0 Å². The smallest absolute Gasteiger partial charge is 0.0918 e. The van der Waals surface area contributed by atoms with Crippen LogP contribution in [-0.4, -0.2) is 16.4 Å². The van der Waals surface area contributed by atoms with E-state index >= 15 is 0 Å². The first-order valence-electron chi connectivity index (χ1n) is 4.59. The lowest BCUT2D eigenvalue weighted by Gasteiger charge is -2.01. The Hall–Kier alpha value is -2.16. The molecule has 0 bridgehead atoms. The second kappa shape index (κ2) is 4.37. The minimum absolute atomic E-state index is 0.638. The van der Waals surface area contributed by atoms with Crippen LogP contribution >= 0.6 is 0 Å². The highest BCUT2D eigenvalue weighted by Gasteiger charge is 1.97. The molecule has 1 aromatic heterocycles. The van der Waals surface area contributed by atoms with Crippen molar-refractivity contribution in [2.75, 3.05) is 0 Å². The van der Waals surface area contributed by atoms with Gasteiger partial charge in [-0.25, -0.2) is 0 Å². The predicted octanol–water partition coefficient (Wildman–Crippen LogP) is 2.56. The molecule has 0 unspecified atom stereocenters. The monoisotopic (exact) mass is 198 g/mol. The van der Waals surface area contributed by atoms with Gasteiger partial charge in [-0.3, -0.25) is 4.98 Å². The molecule has 2 rings (SSSR count). The highest BCUT2D eigenvalue weighted by atomic mass is 16.4. The highest BCUT2D eigenvalue weighted by Crippen LogP contribution is 2.18. The van der Waals surface area contributed by atoms with E-state index in [1.165, 1.54) is 6.21 Å². The Morgan fingerprint density at radius 3 is 2.60 bits per heavy atom. The molecule has 2 aromatic rings. The van der Waals surface area contributed by atoms with Crippen molar-refractivity contribution in [1.82, 2.24) is 4.98 Å². The molecule has 0 spiro atoms. The lowest BCUT2D eigenvalue weighted by Crippen LogP contribution is -1.87. The summed E-state index contributed by atoms with van der Waals surface area (Å²) in [6.45, 7) is 0. The maximum Gasteiger partial charge on any atom is 0.0918 e. The Morgan fingerprint density at radius 2 is 1.87 bits per heavy atom. The number of oxime groups is 1. The summed E-state index contributed by atoms with van der Waals surface area (Å²) < 4.78 is 0. The normalized spacial score (nSPS) is 10.7. The second-order valence-corrected chi connectivity index (χ2v) is 3.08. The van der Waals surface area contributed by atoms with Crippen LogP contribution in [0.15, 0.2) is 53.8 Å². The van der Waals surface area contributed by atoms with Crippen LogP contribution in [0.1, 0.15) is 5.69 Å². The molecule has 1 heterocycles. The third-order valence-corrected chi connectivity index (χ3v) is 2.08. The molecule has 1 N–H and O–H groups in total. The van der Waals surface area contributed by atoms with E-state index < -0.39 is 0 Å². The van der Waals surface area contributed by atoms with Gasteiger partial charge in [0, 0.05) is 6.20 Å². The van der Waals surface area contributed by atoms with E-state index in [0.717, 1.165) is 11.1 Å². The van der Waals surface area contributed by atoms with E-state index in [-0.39, 0.29) is 0 Å². The van der Waals surface area contributed by atoms with Crippen LogP contribution < -0.4 is 0 Å². The molecule has 3 nitrogen and oxygen atoms in total. The summed E-state index contributed by atoms with van der Waals surface area (Å²) in [6.07, 6.45) is 3.01. The standard InChI is InChI=1S/C12H10N2O/c15-14-9-12-8-11(6-7-13-12)10-4-2-1-3-5-10/h1-9,15H/b14-9+. The molecule has 0 atom stereocenters. The van der Waals surface area contributed by atoms with Gasteiger partial charge in [0.15, 0.2) is 0 Å². The van der Waals surface area contributed by atoms with Gasteiger partial charge in [0.05, 0.1) is 11.9 Å². The van der Waals surface area contributed by atoms with E-state index in [0.29, 0.717) is 5.69 Å². The summed E-state index contributed by atoms with van der Waals surface area (Å²) in [5.74, 6) is 0. The second-order valence-electron chi connectivity index (χ2n) is 3.08. The number of hydrogen-bond donors (Lipinski definition) is 1. The van der Waals surface area contributed by atoms with Gasteiger partial charge in [-0.1, -0.05) is 35.5 Å². The van der Waals surface area contributed by atoms with E-state index in [4.69, 9.17) is 5.21 Å². The first-order chi connectivity index (χ1) is 7.40. The Balaban J connectivity index is 2.41. The zero-order valence-corrected chi connectivity index (χ0v) is 8.04. The highest BCUT2D eigenvalue weighted by molar-refractivity contribution is 5.79. The number of benzene rings is 1. The summed E-state index contributed by atoms with van der Waals surface area (Å²) >= 11 is 0. The third-order valence-electron chi connectivity index (χ3n) is 2.08. The zero-order valence-electron chi connectivity index (χ0n) is 8.04. The van der Waals surface area contributed by atoms with E-state index in [2.05, 4.69) is 10.1 Å². The van der Waals surface area contributed by atoms with Crippen molar-refractivity contribution in [3.63, 3.8) is 0 Å². The first kappa shape index (κ1) is 9.40. The quantitative estimate of drug-likeness (QED) is 0.458. The van der Waals surface area contributed by atoms with Crippen molar-refractivity contribution in [2.45, 2.75) is 0 Å². The van der Waals surface area contributed by atoms with Gasteiger partial charge in [-0.2, -0.15) is 0 Å². The molecule has 0 aliphatic heterocycles. The average Bonchev–Trinajstić information content (AvgIpc) is 2.31. The van der Waals surface area contributed by atoms with Gasteiger partial charge in [-0.05, 0) is 23.3 Å². The van der Waals surface area contributed by atoms with E-state index in [1.54, 1.807) is 6.20 Å². The van der Waals surface area contributed by atoms with Gasteiger partial charge in [0.25, 0.3) is 0 Å². The summed E-state index contributed by atoms with van der Waals surface area (Å²) in [5.41, 5.74) is 2.81. The van der Waals surface area contributed by atoms with Crippen molar-refractivity contribution < 1.29 is 5.21 Å². The number of hydrogen-bond acceptors (Lipinski definition) is 3. The largest absolute Gasteiger partial charge is 0.411 e. The Bertz CT molecular complexity index is 466. The fourth-order valence-electron chi connectivity index (χ4n) is 1.39. The lowest BCUT2D eigenvalue weighted by atomic mass is 10.1. The molecular weight excluding hydrogens is 188 g/mol. The number of nitrogens with zero attached hydrogens (tertiary/aromatic N) is 2. The van der Waals surface area contributed by atoms with Crippen molar-refractivity contribution >= 4 is 6.21 Å². The molecule has 3 heteroatoms. The van der Waals surface area contributed by atoms with Gasteiger partial charge >= 0.3 is 0 Å². The zero-order chi connectivity index (χ0) is 10.5. The van der Waals surface area contributed by atoms with Crippen LogP contribution in [0.4, 0.5) is 0 Å². The molecule has 0 saturated heterocycles. The van der Waals surface area contributed by atoms with Crippen LogP contribution in [0.25, 0.3) is 11.1 Å². The maximum absolute atomic E-state index is 8.41. The number of rotatable bonds is 2. The van der Waals surface area contributed by atoms with Crippen molar-refractivity contribution in [3.8, 4) is 11.1 Å². The fourth-order valence-corrected chi connectivity index (χ4v) is 1.39. The minimum atomic E-state index is 0.638. The van der Waals surface area contributed by atoms with Crippen molar-refractivity contribution in [3.05, 3.63) is 54.4 Å². The molecule has 15 heavy (non-hydrogen) atoms. The molecule has 0 fully saturated rings. The van der Waals surface area contributed by atoms with Gasteiger partial charge < -0.3 is 5.21 Å².